The van der Waals surface area contributed by atoms with Crippen molar-refractivity contribution in [1.29, 1.82) is 0 Å². The van der Waals surface area contributed by atoms with Crippen molar-refractivity contribution in [1.82, 2.24) is 5.32 Å². The Kier molecular flexibility index (Phi) is 14.3. The number of hydrogen-bond donors (Lipinski definition) is 1. The number of unbranched alkanes of at least 4 members (excludes halogenated alkanes) is 11. The quantitative estimate of drug-likeness (QED) is 0.330. The van der Waals surface area contributed by atoms with Crippen LogP contribution >= 0.6 is 0 Å². The maximum absolute atomic E-state index is 11.9. The van der Waals surface area contributed by atoms with Crippen LogP contribution in [0, 0.1) is 0 Å². The lowest BCUT2D eigenvalue weighted by Gasteiger charge is -2.08. The Labute approximate surface area is 148 Å². The molecule has 0 aromatic heterocycles. The van der Waals surface area contributed by atoms with Crippen molar-refractivity contribution in [2.75, 3.05) is 13.2 Å². The number of hydrogen-bond acceptors (Lipinski definition) is 3. The molecule has 148 valence electrons. The minimum Gasteiger partial charge on any atom is -0.464 e. The molecule has 25 heavy (non-hydrogen) atoms. The lowest BCUT2D eigenvalue weighted by molar-refractivity contribution is -0.174. The molecule has 0 rings (SSSR count). The molecule has 1 amide bonds. The highest BCUT2D eigenvalue weighted by Crippen LogP contribution is 2.14. The molecule has 0 aliphatic rings. The molecular weight excluding hydrogens is 335 g/mol. The lowest BCUT2D eigenvalue weighted by atomic mass is 10.1. The zero-order chi connectivity index (χ0) is 19.0. The van der Waals surface area contributed by atoms with E-state index in [1.165, 1.54) is 56.7 Å². The van der Waals surface area contributed by atoms with Gasteiger partial charge < -0.3 is 10.1 Å². The molecule has 7 heteroatoms. The fourth-order valence-corrected chi connectivity index (χ4v) is 2.43. The minimum atomic E-state index is -4.98. The van der Waals surface area contributed by atoms with E-state index in [0.717, 1.165) is 19.3 Å². The fraction of sp³-hybridized carbons (Fsp3) is 0.889. The third-order valence-corrected chi connectivity index (χ3v) is 3.91. The lowest BCUT2D eigenvalue weighted by Crippen LogP contribution is -2.40. The van der Waals surface area contributed by atoms with Crippen LogP contribution in [0.2, 0.25) is 0 Å². The molecule has 0 saturated carbocycles. The molecule has 0 saturated heterocycles. The Morgan fingerprint density at radius 3 is 1.68 bits per heavy atom. The third-order valence-electron chi connectivity index (χ3n) is 3.91. The molecule has 0 fully saturated rings. The van der Waals surface area contributed by atoms with Crippen molar-refractivity contribution < 1.29 is 27.5 Å². The van der Waals surface area contributed by atoms with Gasteiger partial charge in [0.25, 0.3) is 0 Å². The molecule has 0 aromatic carbocycles. The number of alkyl halides is 3. The van der Waals surface area contributed by atoms with Gasteiger partial charge in [-0.3, -0.25) is 9.59 Å². The number of amides is 1. The van der Waals surface area contributed by atoms with Crippen molar-refractivity contribution in [3.05, 3.63) is 0 Å². The summed E-state index contributed by atoms with van der Waals surface area (Å²) in [5.74, 6) is -2.98. The predicted octanol–water partition coefficient (Wildman–Crippen LogP) is 4.91. The van der Waals surface area contributed by atoms with E-state index in [0.29, 0.717) is 6.42 Å². The Morgan fingerprint density at radius 2 is 1.24 bits per heavy atom. The van der Waals surface area contributed by atoms with Gasteiger partial charge in [-0.15, -0.1) is 0 Å². The van der Waals surface area contributed by atoms with Crippen LogP contribution in [-0.4, -0.2) is 31.2 Å². The maximum atomic E-state index is 11.9. The smallest absolute Gasteiger partial charge is 0.464 e. The number of rotatable bonds is 15. The van der Waals surface area contributed by atoms with E-state index in [4.69, 9.17) is 4.74 Å². The zero-order valence-corrected chi connectivity index (χ0v) is 15.3. The maximum Gasteiger partial charge on any atom is 0.471 e. The normalized spacial score (nSPS) is 11.4. The van der Waals surface area contributed by atoms with Crippen molar-refractivity contribution in [2.45, 2.75) is 90.1 Å². The van der Waals surface area contributed by atoms with Crippen molar-refractivity contribution in [3.8, 4) is 0 Å². The number of nitrogens with one attached hydrogen (secondary N) is 1. The summed E-state index contributed by atoms with van der Waals surface area (Å²) in [6.45, 7) is 1.64. The van der Waals surface area contributed by atoms with Gasteiger partial charge in [-0.1, -0.05) is 77.6 Å². The summed E-state index contributed by atoms with van der Waals surface area (Å²) in [5, 5.41) is 1.48. The van der Waals surface area contributed by atoms with Gasteiger partial charge >= 0.3 is 18.1 Å². The average molecular weight is 367 g/mol. The molecule has 0 spiro atoms. The van der Waals surface area contributed by atoms with Crippen LogP contribution in [0.4, 0.5) is 13.2 Å². The summed E-state index contributed by atoms with van der Waals surface area (Å²) < 4.78 is 40.5. The topological polar surface area (TPSA) is 55.4 Å². The van der Waals surface area contributed by atoms with E-state index in [1.54, 1.807) is 0 Å². The Bertz CT molecular complexity index is 360. The second-order valence-electron chi connectivity index (χ2n) is 6.29. The van der Waals surface area contributed by atoms with E-state index in [2.05, 4.69) is 6.92 Å². The minimum absolute atomic E-state index is 0.179. The number of esters is 1. The van der Waals surface area contributed by atoms with Crippen molar-refractivity contribution in [3.63, 3.8) is 0 Å². The van der Waals surface area contributed by atoms with Crippen LogP contribution in [0.1, 0.15) is 84.0 Å². The largest absolute Gasteiger partial charge is 0.471 e. The molecule has 0 aromatic rings. The van der Waals surface area contributed by atoms with Crippen LogP contribution in [0.5, 0.6) is 0 Å². The monoisotopic (exact) mass is 367 g/mol. The Morgan fingerprint density at radius 1 is 0.800 bits per heavy atom. The van der Waals surface area contributed by atoms with Gasteiger partial charge in [-0.2, -0.15) is 13.2 Å². The van der Waals surface area contributed by atoms with Gasteiger partial charge in [0.15, 0.2) is 0 Å². The van der Waals surface area contributed by atoms with E-state index >= 15 is 0 Å². The third kappa shape index (κ3) is 16.0. The molecule has 0 aliphatic heterocycles. The van der Waals surface area contributed by atoms with E-state index < -0.39 is 24.6 Å². The second-order valence-corrected chi connectivity index (χ2v) is 6.29. The number of carbonyl (C=O) groups excluding carboxylic acids is 2. The van der Waals surface area contributed by atoms with E-state index in [1.807, 2.05) is 0 Å². The van der Waals surface area contributed by atoms with Crippen LogP contribution < -0.4 is 5.32 Å². The highest BCUT2D eigenvalue weighted by Gasteiger charge is 2.38. The number of ether oxygens (including phenoxy) is 1. The molecule has 4 nitrogen and oxygen atoms in total. The first-order chi connectivity index (χ1) is 11.9. The summed E-state index contributed by atoms with van der Waals surface area (Å²) in [4.78, 5) is 21.7. The second kappa shape index (κ2) is 15.0. The van der Waals surface area contributed by atoms with Gasteiger partial charge in [0.2, 0.25) is 0 Å². The standard InChI is InChI=1S/C18H32F3NO3/c1-2-3-4-5-6-7-8-9-10-11-12-13-14-25-16(23)15-22-17(24)18(19,20)21/h2-15H2,1H3,(H,22,24). The summed E-state index contributed by atoms with van der Waals surface area (Å²) in [7, 11) is 0. The molecule has 0 atom stereocenters. The predicted molar refractivity (Wildman–Crippen MR) is 91.1 cm³/mol. The van der Waals surface area contributed by atoms with E-state index in [9.17, 15) is 22.8 Å². The van der Waals surface area contributed by atoms with Crippen LogP contribution in [0.25, 0.3) is 0 Å². The number of halogens is 3. The Balaban J connectivity index is 3.30. The first-order valence-corrected chi connectivity index (χ1v) is 9.38. The van der Waals surface area contributed by atoms with Crippen LogP contribution in [-0.2, 0) is 14.3 Å². The summed E-state index contributed by atoms with van der Waals surface area (Å²) in [5.41, 5.74) is 0. The number of carbonyl (C=O) groups is 2. The first-order valence-electron chi connectivity index (χ1n) is 9.38. The molecular formula is C18H32F3NO3. The Hall–Kier alpha value is -1.27. The highest BCUT2D eigenvalue weighted by atomic mass is 19.4. The van der Waals surface area contributed by atoms with Crippen molar-refractivity contribution in [2.24, 2.45) is 0 Å². The summed E-state index contributed by atoms with van der Waals surface area (Å²) >= 11 is 0. The first kappa shape index (κ1) is 23.7. The highest BCUT2D eigenvalue weighted by molar-refractivity contribution is 5.85. The van der Waals surface area contributed by atoms with Crippen LogP contribution in [0.3, 0.4) is 0 Å². The summed E-state index contributed by atoms with van der Waals surface area (Å²) in [6, 6.07) is 0. The van der Waals surface area contributed by atoms with Gasteiger partial charge in [-0.05, 0) is 6.42 Å². The molecule has 1 N–H and O–H groups in total. The van der Waals surface area contributed by atoms with E-state index in [-0.39, 0.29) is 6.61 Å². The fourth-order valence-electron chi connectivity index (χ4n) is 2.43. The van der Waals surface area contributed by atoms with Crippen LogP contribution in [0.15, 0.2) is 0 Å². The zero-order valence-electron chi connectivity index (χ0n) is 15.3. The van der Waals surface area contributed by atoms with Gasteiger partial charge in [0, 0.05) is 0 Å². The molecule has 0 heterocycles. The van der Waals surface area contributed by atoms with Crippen molar-refractivity contribution >= 4 is 11.9 Å². The van der Waals surface area contributed by atoms with Gasteiger partial charge in [0.1, 0.15) is 6.54 Å². The van der Waals surface area contributed by atoms with Gasteiger partial charge in [-0.25, -0.2) is 0 Å². The molecule has 0 aliphatic carbocycles. The average Bonchev–Trinajstić information content (AvgIpc) is 2.56. The molecule has 0 bridgehead atoms. The SMILES string of the molecule is CCCCCCCCCCCCCCOC(=O)CNC(=O)C(F)(F)F. The van der Waals surface area contributed by atoms with Gasteiger partial charge in [0.05, 0.1) is 6.61 Å². The summed E-state index contributed by atoms with van der Waals surface area (Å²) in [6.07, 6.45) is 9.25. The molecule has 0 unspecified atom stereocenters. The molecule has 0 radical (unpaired) electrons.